The average molecular weight is 279 g/mol. The fraction of sp³-hybridized carbons (Fsp3) is 0.562. The summed E-state index contributed by atoms with van der Waals surface area (Å²) in [5, 5.41) is 9.11. The van der Waals surface area contributed by atoms with E-state index in [1.54, 1.807) is 19.1 Å². The standard InChI is InChI=1S/C16H22FNO2/c1-11-8-12(4-5-13(11)17)14(18)9-16(10-15(19)20)6-2-3-7-16/h4-5,8,14H,2-3,6-7,9-10,18H2,1H3,(H,19,20). The van der Waals surface area contributed by atoms with Gasteiger partial charge < -0.3 is 10.8 Å². The van der Waals surface area contributed by atoms with Crippen molar-refractivity contribution < 1.29 is 14.3 Å². The topological polar surface area (TPSA) is 63.3 Å². The van der Waals surface area contributed by atoms with Crippen LogP contribution in [0.2, 0.25) is 0 Å². The highest BCUT2D eigenvalue weighted by molar-refractivity contribution is 5.67. The summed E-state index contributed by atoms with van der Waals surface area (Å²) in [6.07, 6.45) is 4.83. The van der Waals surface area contributed by atoms with E-state index in [2.05, 4.69) is 0 Å². The van der Waals surface area contributed by atoms with Crippen LogP contribution in [0.25, 0.3) is 0 Å². The van der Waals surface area contributed by atoms with Crippen LogP contribution >= 0.6 is 0 Å². The van der Waals surface area contributed by atoms with Crippen LogP contribution in [-0.2, 0) is 4.79 Å². The first-order chi connectivity index (χ1) is 9.42. The third-order valence-corrected chi connectivity index (χ3v) is 4.45. The predicted octanol–water partition coefficient (Wildman–Crippen LogP) is 3.56. The number of hydrogen-bond donors (Lipinski definition) is 2. The smallest absolute Gasteiger partial charge is 0.303 e. The van der Waals surface area contributed by atoms with Gasteiger partial charge in [-0.25, -0.2) is 4.39 Å². The number of halogens is 1. The van der Waals surface area contributed by atoms with E-state index in [0.717, 1.165) is 31.2 Å². The van der Waals surface area contributed by atoms with Crippen LogP contribution in [0.3, 0.4) is 0 Å². The van der Waals surface area contributed by atoms with Gasteiger partial charge in [0, 0.05) is 6.04 Å². The van der Waals surface area contributed by atoms with Gasteiger partial charge in [-0.1, -0.05) is 25.0 Å². The van der Waals surface area contributed by atoms with Gasteiger partial charge in [-0.3, -0.25) is 4.79 Å². The summed E-state index contributed by atoms with van der Waals surface area (Å²) < 4.78 is 13.3. The van der Waals surface area contributed by atoms with Gasteiger partial charge in [0.15, 0.2) is 0 Å². The fourth-order valence-electron chi connectivity index (χ4n) is 3.38. The van der Waals surface area contributed by atoms with Crippen molar-refractivity contribution in [3.05, 3.63) is 35.1 Å². The number of aliphatic carboxylic acids is 1. The second-order valence-electron chi connectivity index (χ2n) is 6.10. The molecule has 0 bridgehead atoms. The van der Waals surface area contributed by atoms with Gasteiger partial charge in [0.2, 0.25) is 0 Å². The minimum absolute atomic E-state index is 0.181. The summed E-state index contributed by atoms with van der Waals surface area (Å²) in [6, 6.07) is 4.68. The quantitative estimate of drug-likeness (QED) is 0.866. The van der Waals surface area contributed by atoms with Gasteiger partial charge in [-0.05, 0) is 48.8 Å². The van der Waals surface area contributed by atoms with Crippen LogP contribution in [0, 0.1) is 18.2 Å². The van der Waals surface area contributed by atoms with Crippen molar-refractivity contribution in [1.82, 2.24) is 0 Å². The fourth-order valence-corrected chi connectivity index (χ4v) is 3.38. The maximum absolute atomic E-state index is 13.3. The molecule has 0 amide bonds. The third-order valence-electron chi connectivity index (χ3n) is 4.45. The molecule has 1 aromatic rings. The van der Waals surface area contributed by atoms with Gasteiger partial charge in [-0.15, -0.1) is 0 Å². The lowest BCUT2D eigenvalue weighted by Crippen LogP contribution is -2.27. The van der Waals surface area contributed by atoms with E-state index in [4.69, 9.17) is 10.8 Å². The van der Waals surface area contributed by atoms with E-state index in [9.17, 15) is 9.18 Å². The SMILES string of the molecule is Cc1cc(C(N)CC2(CC(=O)O)CCCC2)ccc1F. The molecule has 0 heterocycles. The Morgan fingerprint density at radius 1 is 1.45 bits per heavy atom. The van der Waals surface area contributed by atoms with Gasteiger partial charge in [0.1, 0.15) is 5.82 Å². The number of benzene rings is 1. The Labute approximate surface area is 119 Å². The van der Waals surface area contributed by atoms with Gasteiger partial charge in [0.05, 0.1) is 6.42 Å². The van der Waals surface area contributed by atoms with Crippen LogP contribution in [0.5, 0.6) is 0 Å². The molecule has 1 fully saturated rings. The van der Waals surface area contributed by atoms with Crippen LogP contribution in [0.4, 0.5) is 4.39 Å². The molecule has 1 atom stereocenters. The lowest BCUT2D eigenvalue weighted by Gasteiger charge is -2.30. The highest BCUT2D eigenvalue weighted by atomic mass is 19.1. The van der Waals surface area contributed by atoms with Crippen molar-refractivity contribution in [1.29, 1.82) is 0 Å². The van der Waals surface area contributed by atoms with E-state index in [1.165, 1.54) is 6.07 Å². The first-order valence-corrected chi connectivity index (χ1v) is 7.15. The summed E-state index contributed by atoms with van der Waals surface area (Å²) in [5.74, 6) is -0.989. The Kier molecular flexibility index (Phi) is 4.43. The lowest BCUT2D eigenvalue weighted by atomic mass is 9.76. The lowest BCUT2D eigenvalue weighted by molar-refractivity contribution is -0.139. The Hall–Kier alpha value is -1.42. The van der Waals surface area contributed by atoms with Crippen molar-refractivity contribution >= 4 is 5.97 Å². The van der Waals surface area contributed by atoms with E-state index >= 15 is 0 Å². The highest BCUT2D eigenvalue weighted by Crippen LogP contribution is 2.46. The van der Waals surface area contributed by atoms with Crippen molar-refractivity contribution in [3.8, 4) is 0 Å². The van der Waals surface area contributed by atoms with Crippen LogP contribution in [0.1, 0.15) is 55.7 Å². The normalized spacial score (nSPS) is 18.9. The van der Waals surface area contributed by atoms with Crippen molar-refractivity contribution in [2.24, 2.45) is 11.1 Å². The summed E-state index contributed by atoms with van der Waals surface area (Å²) in [6.45, 7) is 1.72. The summed E-state index contributed by atoms with van der Waals surface area (Å²) in [5.41, 5.74) is 7.52. The number of carboxylic acids is 1. The van der Waals surface area contributed by atoms with Crippen LogP contribution in [-0.4, -0.2) is 11.1 Å². The minimum atomic E-state index is -0.755. The molecule has 0 aliphatic heterocycles. The molecule has 110 valence electrons. The van der Waals surface area contributed by atoms with Crippen molar-refractivity contribution in [2.45, 2.75) is 51.5 Å². The Balaban J connectivity index is 2.13. The first kappa shape index (κ1) is 15.0. The summed E-state index contributed by atoms with van der Waals surface area (Å²) in [4.78, 5) is 11.1. The Morgan fingerprint density at radius 2 is 2.10 bits per heavy atom. The number of hydrogen-bond acceptors (Lipinski definition) is 2. The average Bonchev–Trinajstić information content (AvgIpc) is 2.79. The zero-order chi connectivity index (χ0) is 14.8. The van der Waals surface area contributed by atoms with Crippen molar-refractivity contribution in [3.63, 3.8) is 0 Å². The molecule has 3 nitrogen and oxygen atoms in total. The van der Waals surface area contributed by atoms with E-state index < -0.39 is 5.97 Å². The molecule has 0 aromatic heterocycles. The molecule has 1 aromatic carbocycles. The molecule has 1 saturated carbocycles. The summed E-state index contributed by atoms with van der Waals surface area (Å²) in [7, 11) is 0. The molecule has 1 unspecified atom stereocenters. The molecule has 0 saturated heterocycles. The van der Waals surface area contributed by atoms with Gasteiger partial charge in [-0.2, -0.15) is 0 Å². The molecule has 4 heteroatoms. The highest BCUT2D eigenvalue weighted by Gasteiger charge is 2.37. The van der Waals surface area contributed by atoms with Crippen LogP contribution < -0.4 is 5.73 Å². The van der Waals surface area contributed by atoms with E-state index in [0.29, 0.717) is 12.0 Å². The molecule has 1 aliphatic carbocycles. The molecule has 20 heavy (non-hydrogen) atoms. The number of nitrogens with two attached hydrogens (primary N) is 1. The largest absolute Gasteiger partial charge is 0.481 e. The maximum Gasteiger partial charge on any atom is 0.303 e. The predicted molar refractivity (Wildman–Crippen MR) is 75.8 cm³/mol. The number of carbonyl (C=O) groups is 1. The minimum Gasteiger partial charge on any atom is -0.481 e. The molecule has 0 radical (unpaired) electrons. The van der Waals surface area contributed by atoms with E-state index in [-0.39, 0.29) is 23.7 Å². The molecular formula is C16H22FNO2. The Bertz CT molecular complexity index is 495. The monoisotopic (exact) mass is 279 g/mol. The van der Waals surface area contributed by atoms with Crippen LogP contribution in [0.15, 0.2) is 18.2 Å². The molecule has 0 spiro atoms. The second-order valence-corrected chi connectivity index (χ2v) is 6.10. The van der Waals surface area contributed by atoms with Gasteiger partial charge >= 0.3 is 5.97 Å². The zero-order valence-electron chi connectivity index (χ0n) is 11.9. The number of aryl methyl sites for hydroxylation is 1. The number of carboxylic acid groups (broad SMARTS) is 1. The molecule has 3 N–H and O–H groups in total. The Morgan fingerprint density at radius 3 is 2.65 bits per heavy atom. The second kappa shape index (κ2) is 5.92. The first-order valence-electron chi connectivity index (χ1n) is 7.15. The summed E-state index contributed by atoms with van der Waals surface area (Å²) >= 11 is 0. The molecule has 1 aliphatic rings. The number of rotatable bonds is 5. The van der Waals surface area contributed by atoms with E-state index in [1.807, 2.05) is 0 Å². The maximum atomic E-state index is 13.3. The zero-order valence-corrected chi connectivity index (χ0v) is 11.9. The van der Waals surface area contributed by atoms with Gasteiger partial charge in [0.25, 0.3) is 0 Å². The molecular weight excluding hydrogens is 257 g/mol. The third kappa shape index (κ3) is 3.37. The molecule has 2 rings (SSSR count). The van der Waals surface area contributed by atoms with Crippen molar-refractivity contribution in [2.75, 3.05) is 0 Å².